The molecule has 18 heavy (non-hydrogen) atoms. The summed E-state index contributed by atoms with van der Waals surface area (Å²) in [7, 11) is 1.93. The Morgan fingerprint density at radius 2 is 2.00 bits per heavy atom. The van der Waals surface area contributed by atoms with Gasteiger partial charge in [-0.3, -0.25) is 4.68 Å². The summed E-state index contributed by atoms with van der Waals surface area (Å²) in [6.45, 7) is 6.33. The van der Waals surface area contributed by atoms with E-state index in [9.17, 15) is 0 Å². The van der Waals surface area contributed by atoms with Crippen molar-refractivity contribution in [1.29, 1.82) is 0 Å². The second-order valence-corrected chi connectivity index (χ2v) is 5.68. The Bertz CT molecular complexity index is 541. The molecule has 1 unspecified atom stereocenters. The maximum absolute atomic E-state index is 6.34. The minimum absolute atomic E-state index is 0.155. The molecule has 0 radical (unpaired) electrons. The molecule has 1 atom stereocenters. The fourth-order valence-corrected chi connectivity index (χ4v) is 3.16. The fraction of sp³-hybridized carbons (Fsp3) is 0.538. The summed E-state index contributed by atoms with van der Waals surface area (Å²) in [5.74, 6) is 0. The Hall–Kier alpha value is -1.20. The van der Waals surface area contributed by atoms with E-state index in [0.29, 0.717) is 0 Å². The van der Waals surface area contributed by atoms with Crippen molar-refractivity contribution in [3.05, 3.63) is 33.0 Å². The molecule has 0 spiro atoms. The summed E-state index contributed by atoms with van der Waals surface area (Å²) in [5, 5.41) is 5.43. The van der Waals surface area contributed by atoms with Crippen molar-refractivity contribution < 1.29 is 0 Å². The number of hydrogen-bond donors (Lipinski definition) is 1. The van der Waals surface area contributed by atoms with Crippen LogP contribution in [0.15, 0.2) is 6.20 Å². The van der Waals surface area contributed by atoms with Crippen LogP contribution in [0.3, 0.4) is 0 Å². The smallest absolute Gasteiger partial charge is 0.115 e. The zero-order valence-electron chi connectivity index (χ0n) is 11.4. The van der Waals surface area contributed by atoms with Crippen molar-refractivity contribution in [1.82, 2.24) is 14.8 Å². The predicted molar refractivity (Wildman–Crippen MR) is 74.8 cm³/mol. The normalized spacial score (nSPS) is 12.9. The van der Waals surface area contributed by atoms with Gasteiger partial charge in [0, 0.05) is 23.7 Å². The Morgan fingerprint density at radius 1 is 1.33 bits per heavy atom. The average Bonchev–Trinajstić information content (AvgIpc) is 2.91. The van der Waals surface area contributed by atoms with E-state index in [0.717, 1.165) is 34.8 Å². The molecule has 0 bridgehead atoms. The van der Waals surface area contributed by atoms with Crippen molar-refractivity contribution in [3.8, 4) is 0 Å². The first-order chi connectivity index (χ1) is 8.56. The van der Waals surface area contributed by atoms with Crippen LogP contribution >= 0.6 is 11.3 Å². The highest BCUT2D eigenvalue weighted by atomic mass is 32.1. The number of aryl methyl sites for hydroxylation is 4. The first-order valence-corrected chi connectivity index (χ1v) is 7.12. The molecular weight excluding hydrogens is 244 g/mol. The van der Waals surface area contributed by atoms with Gasteiger partial charge in [0.05, 0.1) is 17.4 Å². The molecule has 2 aromatic heterocycles. The lowest BCUT2D eigenvalue weighted by Gasteiger charge is -2.07. The molecule has 0 amide bonds. The van der Waals surface area contributed by atoms with Gasteiger partial charge in [-0.2, -0.15) is 5.10 Å². The summed E-state index contributed by atoms with van der Waals surface area (Å²) >= 11 is 1.70. The van der Waals surface area contributed by atoms with E-state index in [1.807, 2.05) is 17.9 Å². The molecule has 0 saturated heterocycles. The molecular formula is C13H20N4S. The molecule has 0 aliphatic rings. The lowest BCUT2D eigenvalue weighted by Crippen LogP contribution is -2.12. The quantitative estimate of drug-likeness (QED) is 0.922. The largest absolute Gasteiger partial charge is 0.318 e. The Kier molecular flexibility index (Phi) is 3.82. The number of aromatic nitrogens is 3. The highest BCUT2D eigenvalue weighted by Gasteiger charge is 2.19. The van der Waals surface area contributed by atoms with E-state index in [4.69, 9.17) is 5.73 Å². The monoisotopic (exact) mass is 264 g/mol. The van der Waals surface area contributed by atoms with Gasteiger partial charge in [-0.15, -0.1) is 11.3 Å². The van der Waals surface area contributed by atoms with Crippen LogP contribution < -0.4 is 5.73 Å². The molecule has 0 saturated carbocycles. The summed E-state index contributed by atoms with van der Waals surface area (Å²) in [6, 6.07) is -0.155. The Labute approximate surface area is 112 Å². The van der Waals surface area contributed by atoms with Gasteiger partial charge in [-0.1, -0.05) is 13.8 Å². The maximum Gasteiger partial charge on any atom is 0.115 e. The van der Waals surface area contributed by atoms with Crippen LogP contribution in [0.5, 0.6) is 0 Å². The van der Waals surface area contributed by atoms with Gasteiger partial charge in [-0.05, 0) is 19.8 Å². The average molecular weight is 264 g/mol. The first kappa shape index (κ1) is 13.2. The number of thiazole rings is 1. The summed E-state index contributed by atoms with van der Waals surface area (Å²) in [6.07, 6.45) is 3.86. The molecule has 98 valence electrons. The standard InChI is InChI=1S/C13H20N4S/c1-5-10-8(3)18-13(15-10)12(14)9-7-17(4)16-11(9)6-2/h7,12H,5-6,14H2,1-4H3. The van der Waals surface area contributed by atoms with E-state index >= 15 is 0 Å². The van der Waals surface area contributed by atoms with Gasteiger partial charge in [0.2, 0.25) is 0 Å². The number of nitrogens with two attached hydrogens (primary N) is 1. The number of rotatable bonds is 4. The van der Waals surface area contributed by atoms with E-state index in [1.165, 1.54) is 4.88 Å². The van der Waals surface area contributed by atoms with Gasteiger partial charge >= 0.3 is 0 Å². The topological polar surface area (TPSA) is 56.7 Å². The maximum atomic E-state index is 6.34. The lowest BCUT2D eigenvalue weighted by molar-refractivity contribution is 0.746. The van der Waals surface area contributed by atoms with Crippen LogP contribution in [-0.2, 0) is 19.9 Å². The van der Waals surface area contributed by atoms with E-state index < -0.39 is 0 Å². The van der Waals surface area contributed by atoms with Crippen LogP contribution in [0.25, 0.3) is 0 Å². The van der Waals surface area contributed by atoms with Crippen molar-refractivity contribution in [3.63, 3.8) is 0 Å². The molecule has 0 aliphatic carbocycles. The van der Waals surface area contributed by atoms with Crippen molar-refractivity contribution in [2.75, 3.05) is 0 Å². The van der Waals surface area contributed by atoms with Gasteiger partial charge in [0.25, 0.3) is 0 Å². The number of hydrogen-bond acceptors (Lipinski definition) is 4. The van der Waals surface area contributed by atoms with E-state index in [2.05, 4.69) is 30.9 Å². The molecule has 0 fully saturated rings. The molecule has 2 aromatic rings. The highest BCUT2D eigenvalue weighted by Crippen LogP contribution is 2.28. The molecule has 4 nitrogen and oxygen atoms in total. The molecule has 0 aromatic carbocycles. The van der Waals surface area contributed by atoms with Crippen LogP contribution in [0.1, 0.15) is 46.7 Å². The van der Waals surface area contributed by atoms with E-state index in [1.54, 1.807) is 11.3 Å². The van der Waals surface area contributed by atoms with Crippen LogP contribution in [0.4, 0.5) is 0 Å². The third-order valence-corrected chi connectivity index (χ3v) is 4.21. The van der Waals surface area contributed by atoms with Gasteiger partial charge in [-0.25, -0.2) is 4.98 Å². The van der Waals surface area contributed by atoms with Gasteiger partial charge in [0.1, 0.15) is 5.01 Å². The summed E-state index contributed by atoms with van der Waals surface area (Å²) < 4.78 is 1.83. The van der Waals surface area contributed by atoms with Crippen molar-refractivity contribution in [2.24, 2.45) is 12.8 Å². The molecule has 2 N–H and O–H groups in total. The Balaban J connectivity index is 2.37. The second kappa shape index (κ2) is 5.20. The van der Waals surface area contributed by atoms with Crippen LogP contribution in [0, 0.1) is 6.92 Å². The molecule has 0 aliphatic heterocycles. The molecule has 2 heterocycles. The van der Waals surface area contributed by atoms with Crippen molar-refractivity contribution >= 4 is 11.3 Å². The second-order valence-electron chi connectivity index (χ2n) is 4.44. The van der Waals surface area contributed by atoms with E-state index in [-0.39, 0.29) is 6.04 Å². The first-order valence-electron chi connectivity index (χ1n) is 6.31. The minimum Gasteiger partial charge on any atom is -0.318 e. The summed E-state index contributed by atoms with van der Waals surface area (Å²) in [5.41, 5.74) is 9.66. The van der Waals surface area contributed by atoms with Crippen molar-refractivity contribution in [2.45, 2.75) is 39.7 Å². The molecule has 2 rings (SSSR count). The van der Waals surface area contributed by atoms with Gasteiger partial charge < -0.3 is 5.73 Å². The number of nitrogens with zero attached hydrogens (tertiary/aromatic N) is 3. The van der Waals surface area contributed by atoms with Crippen LogP contribution in [-0.4, -0.2) is 14.8 Å². The zero-order valence-corrected chi connectivity index (χ0v) is 12.2. The third kappa shape index (κ3) is 2.33. The molecule has 5 heteroatoms. The third-order valence-electron chi connectivity index (χ3n) is 3.12. The summed E-state index contributed by atoms with van der Waals surface area (Å²) in [4.78, 5) is 5.91. The lowest BCUT2D eigenvalue weighted by atomic mass is 10.1. The SMILES string of the molecule is CCc1nn(C)cc1C(N)c1nc(CC)c(C)s1. The Morgan fingerprint density at radius 3 is 2.56 bits per heavy atom. The zero-order chi connectivity index (χ0) is 13.3. The highest BCUT2D eigenvalue weighted by molar-refractivity contribution is 7.11. The fourth-order valence-electron chi connectivity index (χ4n) is 2.13. The van der Waals surface area contributed by atoms with Gasteiger partial charge in [0.15, 0.2) is 0 Å². The van der Waals surface area contributed by atoms with Crippen LogP contribution in [0.2, 0.25) is 0 Å². The minimum atomic E-state index is -0.155. The predicted octanol–water partition coefficient (Wildman–Crippen LogP) is 2.36.